The van der Waals surface area contributed by atoms with Crippen molar-refractivity contribution in [3.63, 3.8) is 0 Å². The average molecular weight is 370 g/mol. The Balaban J connectivity index is 2.40. The first-order valence-electron chi connectivity index (χ1n) is 9.05. The van der Waals surface area contributed by atoms with E-state index in [1.54, 1.807) is 34.9 Å². The zero-order chi connectivity index (χ0) is 20.0. The van der Waals surface area contributed by atoms with Crippen LogP contribution in [0.25, 0.3) is 0 Å². The molecule has 0 spiro atoms. The second-order valence-corrected chi connectivity index (χ2v) is 6.48. The summed E-state index contributed by atoms with van der Waals surface area (Å²) in [5.74, 6) is -1.18. The Hall–Kier alpha value is -2.89. The molecule has 1 atom stereocenters. The van der Waals surface area contributed by atoms with E-state index in [4.69, 9.17) is 4.74 Å². The lowest BCUT2D eigenvalue weighted by Gasteiger charge is -2.18. The number of carbonyl (C=O) groups excluding carboxylic acids is 2. The van der Waals surface area contributed by atoms with Gasteiger partial charge in [0.15, 0.2) is 6.04 Å². The Kier molecular flexibility index (Phi) is 6.93. The molecule has 1 N–H and O–H groups in total. The second-order valence-electron chi connectivity index (χ2n) is 6.48. The van der Waals surface area contributed by atoms with Crippen molar-refractivity contribution >= 4 is 11.9 Å². The maximum absolute atomic E-state index is 12.8. The van der Waals surface area contributed by atoms with Crippen molar-refractivity contribution in [2.45, 2.75) is 46.2 Å². The predicted octanol–water partition coefficient (Wildman–Crippen LogP) is 2.91. The summed E-state index contributed by atoms with van der Waals surface area (Å²) in [4.78, 5) is 37.8. The predicted molar refractivity (Wildman–Crippen MR) is 104 cm³/mol. The van der Waals surface area contributed by atoms with E-state index in [0.29, 0.717) is 12.1 Å². The first kappa shape index (κ1) is 20.4. The van der Waals surface area contributed by atoms with Crippen LogP contribution in [0, 0.1) is 13.8 Å². The highest BCUT2D eigenvalue weighted by molar-refractivity contribution is 5.97. The molecular weight excluding hydrogens is 344 g/mol. The molecule has 1 heterocycles. The summed E-state index contributed by atoms with van der Waals surface area (Å²) < 4.78 is 6.44. The van der Waals surface area contributed by atoms with E-state index in [1.807, 2.05) is 26.8 Å². The SMILES string of the molecule is CCCCn1c(C)c(C)cc(C(=O)N[C@H](C(=O)OC)c2ccccc2)c1=O. The highest BCUT2D eigenvalue weighted by atomic mass is 16.5. The summed E-state index contributed by atoms with van der Waals surface area (Å²) in [6.45, 7) is 6.34. The third-order valence-corrected chi connectivity index (χ3v) is 4.64. The van der Waals surface area contributed by atoms with E-state index in [1.165, 1.54) is 7.11 Å². The highest BCUT2D eigenvalue weighted by Crippen LogP contribution is 2.15. The number of aromatic nitrogens is 1. The van der Waals surface area contributed by atoms with E-state index in [-0.39, 0.29) is 11.1 Å². The Bertz CT molecular complexity index is 872. The molecule has 0 aliphatic carbocycles. The Morgan fingerprint density at radius 2 is 1.85 bits per heavy atom. The van der Waals surface area contributed by atoms with Crippen molar-refractivity contribution in [1.82, 2.24) is 9.88 Å². The van der Waals surface area contributed by atoms with E-state index in [9.17, 15) is 14.4 Å². The zero-order valence-corrected chi connectivity index (χ0v) is 16.2. The molecule has 27 heavy (non-hydrogen) atoms. The number of aryl methyl sites for hydroxylation is 1. The summed E-state index contributed by atoms with van der Waals surface area (Å²) in [5, 5.41) is 2.64. The number of nitrogens with one attached hydrogen (secondary N) is 1. The molecule has 0 saturated heterocycles. The van der Waals surface area contributed by atoms with Gasteiger partial charge in [0.2, 0.25) is 0 Å². The molecule has 2 rings (SSSR count). The Morgan fingerprint density at radius 1 is 1.19 bits per heavy atom. The fourth-order valence-electron chi connectivity index (χ4n) is 2.89. The topological polar surface area (TPSA) is 77.4 Å². The van der Waals surface area contributed by atoms with Crippen molar-refractivity contribution < 1.29 is 14.3 Å². The number of methoxy groups -OCH3 is 1. The number of pyridine rings is 1. The average Bonchev–Trinajstić information content (AvgIpc) is 2.68. The molecule has 0 aliphatic heterocycles. The molecule has 0 aliphatic rings. The first-order valence-corrected chi connectivity index (χ1v) is 9.05. The number of hydrogen-bond donors (Lipinski definition) is 1. The van der Waals surface area contributed by atoms with Crippen molar-refractivity contribution in [2.75, 3.05) is 7.11 Å². The number of unbranched alkanes of at least 4 members (excludes halogenated alkanes) is 1. The van der Waals surface area contributed by atoms with E-state index < -0.39 is 17.9 Å². The van der Waals surface area contributed by atoms with Crippen LogP contribution >= 0.6 is 0 Å². The van der Waals surface area contributed by atoms with Crippen LogP contribution < -0.4 is 10.9 Å². The van der Waals surface area contributed by atoms with Crippen LogP contribution in [0.5, 0.6) is 0 Å². The normalized spacial score (nSPS) is 11.7. The minimum absolute atomic E-state index is 0.0269. The van der Waals surface area contributed by atoms with Crippen LogP contribution in [0.3, 0.4) is 0 Å². The van der Waals surface area contributed by atoms with Crippen molar-refractivity contribution in [2.24, 2.45) is 0 Å². The molecule has 6 nitrogen and oxygen atoms in total. The van der Waals surface area contributed by atoms with Gasteiger partial charge in [0.05, 0.1) is 7.11 Å². The van der Waals surface area contributed by atoms with Crippen LogP contribution in [0.2, 0.25) is 0 Å². The van der Waals surface area contributed by atoms with Crippen LogP contribution in [-0.4, -0.2) is 23.6 Å². The van der Waals surface area contributed by atoms with Gasteiger partial charge in [-0.3, -0.25) is 9.59 Å². The molecule has 6 heteroatoms. The summed E-state index contributed by atoms with van der Waals surface area (Å²) >= 11 is 0. The fraction of sp³-hybridized carbons (Fsp3) is 0.381. The highest BCUT2D eigenvalue weighted by Gasteiger charge is 2.26. The van der Waals surface area contributed by atoms with Gasteiger partial charge in [-0.05, 0) is 37.5 Å². The largest absolute Gasteiger partial charge is 0.467 e. The minimum atomic E-state index is -0.978. The number of esters is 1. The van der Waals surface area contributed by atoms with E-state index >= 15 is 0 Å². The summed E-state index contributed by atoms with van der Waals surface area (Å²) in [6, 6.07) is 9.40. The number of nitrogens with zero attached hydrogens (tertiary/aromatic N) is 1. The van der Waals surface area contributed by atoms with Gasteiger partial charge in [-0.25, -0.2) is 4.79 Å². The van der Waals surface area contributed by atoms with Gasteiger partial charge in [0.1, 0.15) is 5.56 Å². The summed E-state index contributed by atoms with van der Waals surface area (Å²) in [5.41, 5.74) is 1.97. The number of hydrogen-bond acceptors (Lipinski definition) is 4. The van der Waals surface area contributed by atoms with Gasteiger partial charge in [-0.2, -0.15) is 0 Å². The van der Waals surface area contributed by atoms with Gasteiger partial charge in [0.25, 0.3) is 11.5 Å². The quantitative estimate of drug-likeness (QED) is 0.760. The van der Waals surface area contributed by atoms with Crippen molar-refractivity contribution in [3.8, 4) is 0 Å². The molecule has 1 amide bonds. The Labute approximate surface area is 159 Å². The first-order chi connectivity index (χ1) is 12.9. The zero-order valence-electron chi connectivity index (χ0n) is 16.2. The molecule has 1 aromatic carbocycles. The molecule has 0 fully saturated rings. The van der Waals surface area contributed by atoms with E-state index in [2.05, 4.69) is 5.32 Å². The van der Waals surface area contributed by atoms with Gasteiger partial charge in [-0.1, -0.05) is 43.7 Å². The van der Waals surface area contributed by atoms with Crippen molar-refractivity contribution in [1.29, 1.82) is 0 Å². The Morgan fingerprint density at radius 3 is 2.44 bits per heavy atom. The number of benzene rings is 1. The molecular formula is C21H26N2O4. The van der Waals surface area contributed by atoms with Crippen LogP contribution in [0.15, 0.2) is 41.2 Å². The lowest BCUT2D eigenvalue weighted by atomic mass is 10.1. The molecule has 2 aromatic rings. The summed E-state index contributed by atoms with van der Waals surface area (Å²) in [6.07, 6.45) is 1.79. The van der Waals surface area contributed by atoms with E-state index in [0.717, 1.165) is 24.1 Å². The van der Waals surface area contributed by atoms with Crippen LogP contribution in [0.4, 0.5) is 0 Å². The third-order valence-electron chi connectivity index (χ3n) is 4.64. The molecule has 0 saturated carbocycles. The van der Waals surface area contributed by atoms with Gasteiger partial charge < -0.3 is 14.6 Å². The van der Waals surface area contributed by atoms with Crippen molar-refractivity contribution in [3.05, 3.63) is 69.1 Å². The lowest BCUT2D eigenvalue weighted by Crippen LogP contribution is -2.39. The third kappa shape index (κ3) is 4.64. The minimum Gasteiger partial charge on any atom is -0.467 e. The number of carbonyl (C=O) groups is 2. The molecule has 0 unspecified atom stereocenters. The molecule has 1 aromatic heterocycles. The van der Waals surface area contributed by atoms with Crippen LogP contribution in [-0.2, 0) is 16.1 Å². The van der Waals surface area contributed by atoms with Gasteiger partial charge >= 0.3 is 5.97 Å². The molecule has 0 bridgehead atoms. The molecule has 144 valence electrons. The number of amides is 1. The summed E-state index contributed by atoms with van der Waals surface area (Å²) in [7, 11) is 1.26. The van der Waals surface area contributed by atoms with Gasteiger partial charge in [0, 0.05) is 12.2 Å². The van der Waals surface area contributed by atoms with Gasteiger partial charge in [-0.15, -0.1) is 0 Å². The number of rotatable bonds is 7. The molecule has 0 radical (unpaired) electrons. The lowest BCUT2D eigenvalue weighted by molar-refractivity contribution is -0.143. The standard InChI is InChI=1S/C21H26N2O4/c1-5-6-12-23-15(3)14(2)13-17(20(23)25)19(24)22-18(21(26)27-4)16-10-8-7-9-11-16/h7-11,13,18H,5-6,12H2,1-4H3,(H,22,24)/t18-/m0/s1. The monoisotopic (exact) mass is 370 g/mol. The van der Waals surface area contributed by atoms with Crippen LogP contribution in [0.1, 0.15) is 53.0 Å². The smallest absolute Gasteiger partial charge is 0.333 e. The maximum atomic E-state index is 12.8. The number of ether oxygens (including phenoxy) is 1. The maximum Gasteiger partial charge on any atom is 0.333 e. The fourth-order valence-corrected chi connectivity index (χ4v) is 2.89. The second kappa shape index (κ2) is 9.16.